The molecule has 1 saturated carbocycles. The van der Waals surface area contributed by atoms with Crippen LogP contribution in [0, 0.1) is 0 Å². The van der Waals surface area contributed by atoms with Crippen molar-refractivity contribution in [2.45, 2.75) is 57.0 Å². The lowest BCUT2D eigenvalue weighted by atomic mass is 9.94. The highest BCUT2D eigenvalue weighted by atomic mass is 16.2. The number of nitrogens with zero attached hydrogens (tertiary/aromatic N) is 1. The lowest BCUT2D eigenvalue weighted by molar-refractivity contribution is -0.120. The van der Waals surface area contributed by atoms with Crippen LogP contribution in [0.15, 0.2) is 30.3 Å². The molecule has 0 spiro atoms. The second kappa shape index (κ2) is 8.18. The zero-order valence-electron chi connectivity index (χ0n) is 14.2. The molecule has 1 unspecified atom stereocenters. The minimum absolute atomic E-state index is 0.0602. The largest absolute Gasteiger partial charge is 0.354 e. The Hall–Kier alpha value is -2.04. The van der Waals surface area contributed by atoms with Crippen LogP contribution < -0.4 is 10.6 Å². The smallest absolute Gasteiger partial charge is 0.318 e. The van der Waals surface area contributed by atoms with Crippen molar-refractivity contribution in [2.75, 3.05) is 13.1 Å². The van der Waals surface area contributed by atoms with Gasteiger partial charge in [0.25, 0.3) is 0 Å². The van der Waals surface area contributed by atoms with Crippen LogP contribution in [0.4, 0.5) is 4.79 Å². The molecule has 1 saturated heterocycles. The van der Waals surface area contributed by atoms with Crippen molar-refractivity contribution in [1.29, 1.82) is 0 Å². The lowest BCUT2D eigenvalue weighted by Crippen LogP contribution is -2.52. The molecule has 5 nitrogen and oxygen atoms in total. The molecule has 1 aromatic rings. The Morgan fingerprint density at radius 1 is 1.12 bits per heavy atom. The van der Waals surface area contributed by atoms with Crippen LogP contribution in [0.5, 0.6) is 0 Å². The Balaban J connectivity index is 1.64. The maximum absolute atomic E-state index is 12.8. The summed E-state index contributed by atoms with van der Waals surface area (Å²) in [6, 6.07) is 10.1. The number of rotatable bonds is 5. The third kappa shape index (κ3) is 4.28. The van der Waals surface area contributed by atoms with E-state index in [1.807, 2.05) is 23.1 Å². The molecule has 2 aliphatic rings. The molecule has 3 amide bonds. The number of nitrogens with one attached hydrogen (secondary N) is 2. The average molecular weight is 329 g/mol. The highest BCUT2D eigenvalue weighted by Crippen LogP contribution is 2.23. The molecule has 0 radical (unpaired) electrons. The van der Waals surface area contributed by atoms with E-state index in [4.69, 9.17) is 0 Å². The standard InChI is InChI=1S/C19H27N3O2/c23-18-17(11-13-20-18)21-19(24)22(16-9-5-2-6-10-16)14-12-15-7-3-1-4-8-15/h1,3-4,7-8,16-17H,2,5-6,9-14H2,(H,20,23)(H,21,24). The van der Waals surface area contributed by atoms with Crippen molar-refractivity contribution in [3.63, 3.8) is 0 Å². The van der Waals surface area contributed by atoms with E-state index >= 15 is 0 Å². The van der Waals surface area contributed by atoms with E-state index in [2.05, 4.69) is 22.8 Å². The van der Waals surface area contributed by atoms with Crippen molar-refractivity contribution in [3.8, 4) is 0 Å². The summed E-state index contributed by atoms with van der Waals surface area (Å²) in [4.78, 5) is 26.5. The maximum Gasteiger partial charge on any atom is 0.318 e. The van der Waals surface area contributed by atoms with Crippen molar-refractivity contribution < 1.29 is 9.59 Å². The van der Waals surface area contributed by atoms with Crippen LogP contribution in [-0.2, 0) is 11.2 Å². The van der Waals surface area contributed by atoms with Crippen LogP contribution in [0.3, 0.4) is 0 Å². The van der Waals surface area contributed by atoms with E-state index in [0.717, 1.165) is 19.3 Å². The first kappa shape index (κ1) is 16.8. The van der Waals surface area contributed by atoms with Crippen LogP contribution >= 0.6 is 0 Å². The van der Waals surface area contributed by atoms with Gasteiger partial charge in [0.05, 0.1) is 0 Å². The second-order valence-corrected chi connectivity index (χ2v) is 6.80. The van der Waals surface area contributed by atoms with Crippen molar-refractivity contribution in [1.82, 2.24) is 15.5 Å². The molecule has 0 bridgehead atoms. The fourth-order valence-electron chi connectivity index (χ4n) is 3.70. The number of urea groups is 1. The normalized spacial score (nSPS) is 21.3. The van der Waals surface area contributed by atoms with Gasteiger partial charge in [-0.3, -0.25) is 4.79 Å². The molecule has 24 heavy (non-hydrogen) atoms. The van der Waals surface area contributed by atoms with Crippen molar-refractivity contribution >= 4 is 11.9 Å². The predicted molar refractivity (Wildman–Crippen MR) is 93.7 cm³/mol. The van der Waals surface area contributed by atoms with Gasteiger partial charge >= 0.3 is 6.03 Å². The minimum Gasteiger partial charge on any atom is -0.354 e. The summed E-state index contributed by atoms with van der Waals surface area (Å²) >= 11 is 0. The van der Waals surface area contributed by atoms with E-state index in [1.54, 1.807) is 0 Å². The number of hydrogen-bond donors (Lipinski definition) is 2. The molecular weight excluding hydrogens is 302 g/mol. The highest BCUT2D eigenvalue weighted by molar-refractivity contribution is 5.88. The first-order chi connectivity index (χ1) is 11.7. The molecule has 0 aromatic heterocycles. The zero-order chi connectivity index (χ0) is 16.8. The third-order valence-electron chi connectivity index (χ3n) is 5.11. The van der Waals surface area contributed by atoms with Gasteiger partial charge in [-0.2, -0.15) is 0 Å². The van der Waals surface area contributed by atoms with E-state index < -0.39 is 0 Å². The van der Waals surface area contributed by atoms with E-state index in [9.17, 15) is 9.59 Å². The lowest BCUT2D eigenvalue weighted by Gasteiger charge is -2.35. The van der Waals surface area contributed by atoms with Gasteiger partial charge in [-0.25, -0.2) is 4.79 Å². The number of benzene rings is 1. The van der Waals surface area contributed by atoms with Crippen LogP contribution in [0.25, 0.3) is 0 Å². The van der Waals surface area contributed by atoms with Crippen molar-refractivity contribution in [3.05, 3.63) is 35.9 Å². The number of amides is 3. The molecule has 2 N–H and O–H groups in total. The van der Waals surface area contributed by atoms with Gasteiger partial charge in [0.1, 0.15) is 6.04 Å². The molecular formula is C19H27N3O2. The van der Waals surface area contributed by atoms with Gasteiger partial charge in [-0.05, 0) is 31.2 Å². The summed E-state index contributed by atoms with van der Waals surface area (Å²) in [7, 11) is 0. The van der Waals surface area contributed by atoms with E-state index in [-0.39, 0.29) is 18.0 Å². The Morgan fingerprint density at radius 2 is 1.88 bits per heavy atom. The number of carbonyl (C=O) groups excluding carboxylic acids is 2. The van der Waals surface area contributed by atoms with Crippen LogP contribution in [0.2, 0.25) is 0 Å². The zero-order valence-corrected chi connectivity index (χ0v) is 14.2. The van der Waals surface area contributed by atoms with Crippen molar-refractivity contribution in [2.24, 2.45) is 0 Å². The summed E-state index contributed by atoms with van der Waals surface area (Å²) in [5, 5.41) is 5.72. The summed E-state index contributed by atoms with van der Waals surface area (Å²) in [5.74, 6) is -0.0602. The monoisotopic (exact) mass is 329 g/mol. The highest BCUT2D eigenvalue weighted by Gasteiger charge is 2.30. The molecule has 2 fully saturated rings. The summed E-state index contributed by atoms with van der Waals surface area (Å²) in [6.45, 7) is 1.35. The molecule has 3 rings (SSSR count). The summed E-state index contributed by atoms with van der Waals surface area (Å²) in [6.07, 6.45) is 7.30. The molecule has 1 atom stereocenters. The minimum atomic E-state index is -0.375. The Bertz CT molecular complexity index is 555. The Labute approximate surface area is 143 Å². The van der Waals surface area contributed by atoms with E-state index in [0.29, 0.717) is 25.6 Å². The van der Waals surface area contributed by atoms with Gasteiger partial charge in [0.2, 0.25) is 5.91 Å². The SMILES string of the molecule is O=C1NCCC1NC(=O)N(CCc1ccccc1)C1CCCCC1. The fourth-order valence-corrected chi connectivity index (χ4v) is 3.70. The molecule has 130 valence electrons. The van der Waals surface area contributed by atoms with Crippen LogP contribution in [-0.4, -0.2) is 42.0 Å². The molecule has 1 heterocycles. The van der Waals surface area contributed by atoms with Crippen LogP contribution in [0.1, 0.15) is 44.1 Å². The maximum atomic E-state index is 12.8. The van der Waals surface area contributed by atoms with Gasteiger partial charge < -0.3 is 15.5 Å². The topological polar surface area (TPSA) is 61.4 Å². The van der Waals surface area contributed by atoms with Gasteiger partial charge in [0.15, 0.2) is 0 Å². The first-order valence-electron chi connectivity index (χ1n) is 9.13. The molecule has 1 aromatic carbocycles. The Kier molecular flexibility index (Phi) is 5.72. The van der Waals surface area contributed by atoms with Gasteiger partial charge in [-0.1, -0.05) is 49.6 Å². The summed E-state index contributed by atoms with van der Waals surface area (Å²) < 4.78 is 0. The summed E-state index contributed by atoms with van der Waals surface area (Å²) in [5.41, 5.74) is 1.24. The number of hydrogen-bond acceptors (Lipinski definition) is 2. The van der Waals surface area contributed by atoms with E-state index in [1.165, 1.54) is 24.8 Å². The number of carbonyl (C=O) groups is 2. The molecule has 1 aliphatic carbocycles. The fraction of sp³-hybridized carbons (Fsp3) is 0.579. The second-order valence-electron chi connectivity index (χ2n) is 6.80. The molecule has 5 heteroatoms. The molecule has 1 aliphatic heterocycles. The van der Waals surface area contributed by atoms with Gasteiger partial charge in [0, 0.05) is 19.1 Å². The third-order valence-corrected chi connectivity index (χ3v) is 5.11. The average Bonchev–Trinajstić information content (AvgIpc) is 3.02. The Morgan fingerprint density at radius 3 is 2.54 bits per heavy atom. The first-order valence-corrected chi connectivity index (χ1v) is 9.13. The van der Waals surface area contributed by atoms with Gasteiger partial charge in [-0.15, -0.1) is 0 Å². The quantitative estimate of drug-likeness (QED) is 0.872. The predicted octanol–water partition coefficient (Wildman–Crippen LogP) is 2.46.